The van der Waals surface area contributed by atoms with Gasteiger partial charge in [-0.1, -0.05) is 29.8 Å². The van der Waals surface area contributed by atoms with E-state index in [0.717, 1.165) is 34.0 Å². The SMILES string of the molecule is Cc1ccc(OCc2cccc(C(=O)Nc3c(C)nn(C)c3C)c2)c(C)c1. The number of nitrogens with one attached hydrogen (secondary N) is 1. The molecule has 3 aromatic rings. The second-order valence-corrected chi connectivity index (χ2v) is 6.88. The molecule has 1 aromatic heterocycles. The Balaban J connectivity index is 1.72. The lowest BCUT2D eigenvalue weighted by molar-refractivity contribution is 0.102. The fraction of sp³-hybridized carbons (Fsp3) is 0.273. The van der Waals surface area contributed by atoms with Crippen molar-refractivity contribution in [2.24, 2.45) is 7.05 Å². The molecule has 0 spiro atoms. The minimum absolute atomic E-state index is 0.150. The van der Waals surface area contributed by atoms with Gasteiger partial charge in [-0.25, -0.2) is 0 Å². The fourth-order valence-electron chi connectivity index (χ4n) is 3.06. The van der Waals surface area contributed by atoms with Gasteiger partial charge in [-0.05, 0) is 57.0 Å². The number of hydrogen-bond donors (Lipinski definition) is 1. The van der Waals surface area contributed by atoms with E-state index in [-0.39, 0.29) is 5.91 Å². The van der Waals surface area contributed by atoms with Gasteiger partial charge in [0.25, 0.3) is 5.91 Å². The van der Waals surface area contributed by atoms with Gasteiger partial charge in [0.05, 0.1) is 17.1 Å². The van der Waals surface area contributed by atoms with E-state index in [2.05, 4.69) is 23.4 Å². The Morgan fingerprint density at radius 1 is 1.11 bits per heavy atom. The van der Waals surface area contributed by atoms with E-state index in [4.69, 9.17) is 4.74 Å². The Morgan fingerprint density at radius 2 is 1.89 bits per heavy atom. The molecule has 1 heterocycles. The first kappa shape index (κ1) is 18.7. The second kappa shape index (κ2) is 7.66. The van der Waals surface area contributed by atoms with E-state index in [9.17, 15) is 4.79 Å². The number of rotatable bonds is 5. The zero-order valence-corrected chi connectivity index (χ0v) is 16.5. The summed E-state index contributed by atoms with van der Waals surface area (Å²) in [4.78, 5) is 12.7. The maximum atomic E-state index is 12.7. The number of amides is 1. The van der Waals surface area contributed by atoms with E-state index in [0.29, 0.717) is 12.2 Å². The first-order chi connectivity index (χ1) is 12.8. The van der Waals surface area contributed by atoms with E-state index < -0.39 is 0 Å². The molecule has 140 valence electrons. The fourth-order valence-corrected chi connectivity index (χ4v) is 3.06. The van der Waals surface area contributed by atoms with Gasteiger partial charge in [0.15, 0.2) is 0 Å². The molecule has 0 aliphatic rings. The first-order valence-electron chi connectivity index (χ1n) is 8.95. The number of carbonyl (C=O) groups excluding carboxylic acids is 1. The summed E-state index contributed by atoms with van der Waals surface area (Å²) in [7, 11) is 1.86. The van der Waals surface area contributed by atoms with Crippen LogP contribution in [0, 0.1) is 27.7 Å². The topological polar surface area (TPSA) is 56.1 Å². The molecule has 0 saturated carbocycles. The number of benzene rings is 2. The Hall–Kier alpha value is -3.08. The van der Waals surface area contributed by atoms with Crippen LogP contribution in [0.5, 0.6) is 5.75 Å². The number of aromatic nitrogens is 2. The minimum Gasteiger partial charge on any atom is -0.489 e. The number of aryl methyl sites for hydroxylation is 4. The third-order valence-electron chi connectivity index (χ3n) is 4.66. The van der Waals surface area contributed by atoms with Gasteiger partial charge in [0, 0.05) is 12.6 Å². The molecule has 3 rings (SSSR count). The van der Waals surface area contributed by atoms with Crippen molar-refractivity contribution in [1.82, 2.24) is 9.78 Å². The normalized spacial score (nSPS) is 10.7. The number of ether oxygens (including phenoxy) is 1. The zero-order chi connectivity index (χ0) is 19.6. The van der Waals surface area contributed by atoms with Crippen molar-refractivity contribution in [2.75, 3.05) is 5.32 Å². The van der Waals surface area contributed by atoms with Gasteiger partial charge in [-0.15, -0.1) is 0 Å². The lowest BCUT2D eigenvalue weighted by atomic mass is 10.1. The van der Waals surface area contributed by atoms with Crippen LogP contribution in [0.2, 0.25) is 0 Å². The van der Waals surface area contributed by atoms with Crippen molar-refractivity contribution < 1.29 is 9.53 Å². The number of carbonyl (C=O) groups is 1. The van der Waals surface area contributed by atoms with E-state index in [1.165, 1.54) is 5.56 Å². The van der Waals surface area contributed by atoms with Crippen molar-refractivity contribution in [3.05, 3.63) is 76.1 Å². The molecule has 0 aliphatic heterocycles. The molecule has 5 heteroatoms. The third-order valence-corrected chi connectivity index (χ3v) is 4.66. The van der Waals surface area contributed by atoms with E-state index in [1.807, 2.05) is 58.2 Å². The third kappa shape index (κ3) is 4.19. The van der Waals surface area contributed by atoms with Gasteiger partial charge in [-0.3, -0.25) is 9.48 Å². The molecule has 0 saturated heterocycles. The van der Waals surface area contributed by atoms with Crippen LogP contribution in [0.25, 0.3) is 0 Å². The molecule has 0 fully saturated rings. The van der Waals surface area contributed by atoms with E-state index >= 15 is 0 Å². The molecule has 0 radical (unpaired) electrons. The van der Waals surface area contributed by atoms with E-state index in [1.54, 1.807) is 10.7 Å². The monoisotopic (exact) mass is 363 g/mol. The van der Waals surface area contributed by atoms with Gasteiger partial charge >= 0.3 is 0 Å². The number of hydrogen-bond acceptors (Lipinski definition) is 3. The Kier molecular flexibility index (Phi) is 5.31. The molecular weight excluding hydrogens is 338 g/mol. The van der Waals surface area contributed by atoms with Gasteiger partial charge in [-0.2, -0.15) is 5.10 Å². The van der Waals surface area contributed by atoms with Crippen molar-refractivity contribution in [3.63, 3.8) is 0 Å². The molecule has 0 atom stereocenters. The number of nitrogens with zero attached hydrogens (tertiary/aromatic N) is 2. The molecule has 27 heavy (non-hydrogen) atoms. The average molecular weight is 363 g/mol. The molecule has 1 N–H and O–H groups in total. The molecule has 0 bridgehead atoms. The minimum atomic E-state index is -0.150. The predicted molar refractivity (Wildman–Crippen MR) is 107 cm³/mol. The summed E-state index contributed by atoms with van der Waals surface area (Å²) < 4.78 is 7.69. The highest BCUT2D eigenvalue weighted by molar-refractivity contribution is 6.05. The second-order valence-electron chi connectivity index (χ2n) is 6.88. The van der Waals surface area contributed by atoms with Gasteiger partial charge < -0.3 is 10.1 Å². The Morgan fingerprint density at radius 3 is 2.56 bits per heavy atom. The highest BCUT2D eigenvalue weighted by Gasteiger charge is 2.14. The van der Waals surface area contributed by atoms with Crippen molar-refractivity contribution in [2.45, 2.75) is 34.3 Å². The summed E-state index contributed by atoms with van der Waals surface area (Å²) >= 11 is 0. The molecule has 5 nitrogen and oxygen atoms in total. The van der Waals surface area contributed by atoms with Crippen LogP contribution in [0.1, 0.15) is 38.4 Å². The van der Waals surface area contributed by atoms with Crippen LogP contribution in [0.15, 0.2) is 42.5 Å². The quantitative estimate of drug-likeness (QED) is 0.727. The van der Waals surface area contributed by atoms with Crippen molar-refractivity contribution >= 4 is 11.6 Å². The van der Waals surface area contributed by atoms with Crippen molar-refractivity contribution in [1.29, 1.82) is 0 Å². The Bertz CT molecular complexity index is 989. The van der Waals surface area contributed by atoms with Crippen LogP contribution in [0.3, 0.4) is 0 Å². The molecule has 0 unspecified atom stereocenters. The summed E-state index contributed by atoms with van der Waals surface area (Å²) in [6.07, 6.45) is 0. The summed E-state index contributed by atoms with van der Waals surface area (Å²) in [5.41, 5.74) is 6.35. The average Bonchev–Trinajstić information content (AvgIpc) is 2.87. The predicted octanol–water partition coefficient (Wildman–Crippen LogP) is 4.49. The molecule has 2 aromatic carbocycles. The maximum absolute atomic E-state index is 12.7. The Labute approximate surface area is 160 Å². The highest BCUT2D eigenvalue weighted by Crippen LogP contribution is 2.21. The van der Waals surface area contributed by atoms with Crippen molar-refractivity contribution in [3.8, 4) is 5.75 Å². The van der Waals surface area contributed by atoms with Gasteiger partial charge in [0.1, 0.15) is 12.4 Å². The highest BCUT2D eigenvalue weighted by atomic mass is 16.5. The molecule has 0 aliphatic carbocycles. The lowest BCUT2D eigenvalue weighted by Gasteiger charge is -2.11. The van der Waals surface area contributed by atoms with Crippen LogP contribution < -0.4 is 10.1 Å². The van der Waals surface area contributed by atoms with Crippen LogP contribution in [-0.4, -0.2) is 15.7 Å². The summed E-state index contributed by atoms with van der Waals surface area (Å²) in [6, 6.07) is 13.6. The van der Waals surface area contributed by atoms with Crippen LogP contribution in [-0.2, 0) is 13.7 Å². The first-order valence-corrected chi connectivity index (χ1v) is 8.95. The van der Waals surface area contributed by atoms with Crippen LogP contribution in [0.4, 0.5) is 5.69 Å². The standard InChI is InChI=1S/C22H25N3O2/c1-14-9-10-20(15(2)11-14)27-13-18-7-6-8-19(12-18)22(26)23-21-16(3)24-25(5)17(21)4/h6-12H,13H2,1-5H3,(H,23,26). The van der Waals surface area contributed by atoms with Gasteiger partial charge in [0.2, 0.25) is 0 Å². The maximum Gasteiger partial charge on any atom is 0.255 e. The number of anilines is 1. The molecule has 1 amide bonds. The lowest BCUT2D eigenvalue weighted by Crippen LogP contribution is -2.13. The summed E-state index contributed by atoms with van der Waals surface area (Å²) in [6.45, 7) is 8.33. The zero-order valence-electron chi connectivity index (χ0n) is 16.5. The smallest absolute Gasteiger partial charge is 0.255 e. The summed E-state index contributed by atoms with van der Waals surface area (Å²) in [5, 5.41) is 7.30. The molecular formula is C22H25N3O2. The largest absolute Gasteiger partial charge is 0.489 e. The summed E-state index contributed by atoms with van der Waals surface area (Å²) in [5.74, 6) is 0.708. The van der Waals surface area contributed by atoms with Crippen LogP contribution >= 0.6 is 0 Å².